The van der Waals surface area contributed by atoms with E-state index in [1.807, 2.05) is 5.43 Å². The zero-order valence-corrected chi connectivity index (χ0v) is 11.8. The lowest BCUT2D eigenvalue weighted by atomic mass is 10.1. The van der Waals surface area contributed by atoms with E-state index in [1.54, 1.807) is 0 Å². The lowest BCUT2D eigenvalue weighted by Crippen LogP contribution is -2.35. The molecule has 0 aliphatic carbocycles. The number of halogens is 1. The Morgan fingerprint density at radius 1 is 1.36 bits per heavy atom. The first-order chi connectivity index (χ1) is 10.5. The predicted molar refractivity (Wildman–Crippen MR) is 76.7 cm³/mol. The summed E-state index contributed by atoms with van der Waals surface area (Å²) in [5, 5.41) is 17.2. The van der Waals surface area contributed by atoms with Gasteiger partial charge in [0.25, 0.3) is 4.98 Å². The number of anilines is 2. The van der Waals surface area contributed by atoms with Crippen molar-refractivity contribution in [1.29, 1.82) is 0 Å². The first kappa shape index (κ1) is 14.5. The Kier molecular flexibility index (Phi) is 3.80. The van der Waals surface area contributed by atoms with Crippen LogP contribution in [0.5, 0.6) is 5.75 Å². The first-order valence-electron chi connectivity index (χ1n) is 7.08. The fourth-order valence-electron chi connectivity index (χ4n) is 2.70. The van der Waals surface area contributed by atoms with Crippen molar-refractivity contribution in [2.75, 3.05) is 30.0 Å². The number of hydrogen-bond acceptors (Lipinski definition) is 5. The Labute approximate surface area is 125 Å². The van der Waals surface area contributed by atoms with Crippen LogP contribution in [-0.4, -0.2) is 41.7 Å². The second kappa shape index (κ2) is 5.76. The van der Waals surface area contributed by atoms with E-state index >= 15 is 0 Å². The molecule has 118 valence electrons. The average molecular weight is 310 g/mol. The maximum absolute atomic E-state index is 14.3. The summed E-state index contributed by atoms with van der Waals surface area (Å²) in [6.07, 6.45) is 1.81. The number of hydrogen-bond donors (Lipinski definition) is 4. The van der Waals surface area contributed by atoms with E-state index in [0.29, 0.717) is 5.69 Å². The highest BCUT2D eigenvalue weighted by Gasteiger charge is 2.40. The number of benzene rings is 1. The summed E-state index contributed by atoms with van der Waals surface area (Å²) < 4.78 is 14.3. The van der Waals surface area contributed by atoms with Gasteiger partial charge in [0.1, 0.15) is 5.75 Å². The van der Waals surface area contributed by atoms with E-state index in [0.717, 1.165) is 30.9 Å². The van der Waals surface area contributed by atoms with Crippen molar-refractivity contribution in [3.8, 4) is 5.75 Å². The van der Waals surface area contributed by atoms with Gasteiger partial charge >= 0.3 is 5.91 Å². The highest BCUT2D eigenvalue weighted by molar-refractivity contribution is 5.82. The van der Waals surface area contributed by atoms with Crippen LogP contribution in [0, 0.1) is 10.7 Å². The van der Waals surface area contributed by atoms with Gasteiger partial charge in [0.05, 0.1) is 4.91 Å². The van der Waals surface area contributed by atoms with Gasteiger partial charge < -0.3 is 15.7 Å². The maximum Gasteiger partial charge on any atom is 0.307 e. The maximum atomic E-state index is 14.3. The van der Waals surface area contributed by atoms with Crippen LogP contribution in [0.25, 0.3) is 0 Å². The van der Waals surface area contributed by atoms with E-state index in [4.69, 9.17) is 0 Å². The van der Waals surface area contributed by atoms with Crippen LogP contribution in [0.15, 0.2) is 12.1 Å². The Bertz CT molecular complexity index is 595. The van der Waals surface area contributed by atoms with Gasteiger partial charge in [0, 0.05) is 17.8 Å². The number of nitrogens with one attached hydrogen (secondary N) is 3. The fraction of sp³-hybridized carbons (Fsp3) is 0.462. The number of piperidine rings is 1. The molecule has 0 aromatic heterocycles. The normalized spacial score (nSPS) is 19.4. The van der Waals surface area contributed by atoms with Crippen LogP contribution < -0.4 is 21.1 Å². The summed E-state index contributed by atoms with van der Waals surface area (Å²) in [5.41, 5.74) is 2.09. The smallest absolute Gasteiger partial charge is 0.307 e. The molecule has 2 aliphatic rings. The first-order valence-corrected chi connectivity index (χ1v) is 7.08. The number of amides is 1. The number of carbonyl (C=O) groups is 1. The molecule has 0 spiro atoms. The third-order valence-electron chi connectivity index (χ3n) is 3.74. The summed E-state index contributed by atoms with van der Waals surface area (Å²) >= 11 is 0. The van der Waals surface area contributed by atoms with Crippen LogP contribution in [0.3, 0.4) is 0 Å². The van der Waals surface area contributed by atoms with Gasteiger partial charge in [-0.1, -0.05) is 10.4 Å². The standard InChI is InChI=1S/C13H16FN5O3/c14-10-5-9(16-8-1-3-15-4-2-8)6-11(20)13(10)18-7-12(21)17-19(18)22/h5-6,8,15-16H,1-4,7H2,(H-,17,20,21,22)/p+1. The van der Waals surface area contributed by atoms with Crippen LogP contribution in [-0.2, 0) is 4.79 Å². The molecule has 4 N–H and O–H groups in total. The molecule has 0 radical (unpaired) electrons. The summed E-state index contributed by atoms with van der Waals surface area (Å²) in [6.45, 7) is 1.43. The van der Waals surface area contributed by atoms with Crippen molar-refractivity contribution in [1.82, 2.24) is 10.7 Å². The van der Waals surface area contributed by atoms with Crippen molar-refractivity contribution in [2.45, 2.75) is 18.9 Å². The molecule has 1 aromatic rings. The minimum absolute atomic E-state index is 0.111. The molecule has 1 amide bonds. The molecule has 0 atom stereocenters. The number of phenols is 1. The van der Waals surface area contributed by atoms with Crippen molar-refractivity contribution < 1.29 is 19.3 Å². The SMILES string of the molecule is O=C1CN(c2c(O)cc(NC3CCNCC3)cc2F)[N+](=O)N1. The molecular formula is C13H17FN5O3+. The molecular weight excluding hydrogens is 293 g/mol. The van der Waals surface area contributed by atoms with Crippen LogP contribution in [0.1, 0.15) is 12.8 Å². The summed E-state index contributed by atoms with van der Waals surface area (Å²) in [6, 6.07) is 2.78. The number of hydrazine groups is 2. The minimum Gasteiger partial charge on any atom is -0.505 e. The molecule has 9 heteroatoms. The second-order valence-electron chi connectivity index (χ2n) is 5.36. The predicted octanol–water partition coefficient (Wildman–Crippen LogP) is 0.240. The zero-order chi connectivity index (χ0) is 15.7. The lowest BCUT2D eigenvalue weighted by Gasteiger charge is -2.25. The number of carbonyl (C=O) groups excluding carboxylic acids is 1. The largest absolute Gasteiger partial charge is 0.505 e. The molecule has 2 fully saturated rings. The molecule has 0 unspecified atom stereocenters. The van der Waals surface area contributed by atoms with Gasteiger partial charge in [-0.2, -0.15) is 0 Å². The van der Waals surface area contributed by atoms with E-state index in [9.17, 15) is 19.2 Å². The highest BCUT2D eigenvalue weighted by Crippen LogP contribution is 2.34. The number of nitroso groups, excluding NO2 is 1. The third kappa shape index (κ3) is 2.80. The van der Waals surface area contributed by atoms with Crippen LogP contribution >= 0.6 is 0 Å². The van der Waals surface area contributed by atoms with Crippen molar-refractivity contribution >= 4 is 17.3 Å². The Hall–Kier alpha value is -2.42. The van der Waals surface area contributed by atoms with Crippen LogP contribution in [0.4, 0.5) is 15.8 Å². The van der Waals surface area contributed by atoms with Crippen molar-refractivity contribution in [3.63, 3.8) is 0 Å². The number of phenolic OH excluding ortho intramolecular Hbond substituents is 1. The van der Waals surface area contributed by atoms with Crippen LogP contribution in [0.2, 0.25) is 0 Å². The monoisotopic (exact) mass is 310 g/mol. The highest BCUT2D eigenvalue weighted by atomic mass is 19.1. The van der Waals surface area contributed by atoms with Gasteiger partial charge in [-0.25, -0.2) is 4.39 Å². The molecule has 2 saturated heterocycles. The molecule has 3 rings (SSSR count). The molecule has 0 saturated carbocycles. The van der Waals surface area contributed by atoms with E-state index in [2.05, 4.69) is 10.6 Å². The number of nitrogens with zero attached hydrogens (tertiary/aromatic N) is 2. The lowest BCUT2D eigenvalue weighted by molar-refractivity contribution is -0.591. The topological polar surface area (TPSA) is 96.7 Å². The van der Waals surface area contributed by atoms with Gasteiger partial charge in [0.2, 0.25) is 0 Å². The van der Waals surface area contributed by atoms with E-state index in [-0.39, 0.29) is 23.3 Å². The zero-order valence-electron chi connectivity index (χ0n) is 11.8. The summed E-state index contributed by atoms with van der Waals surface area (Å²) in [4.78, 5) is 22.8. The Morgan fingerprint density at radius 3 is 2.68 bits per heavy atom. The molecule has 22 heavy (non-hydrogen) atoms. The van der Waals surface area contributed by atoms with Gasteiger partial charge in [-0.15, -0.1) is 0 Å². The van der Waals surface area contributed by atoms with Crippen molar-refractivity contribution in [2.24, 2.45) is 0 Å². The Morgan fingerprint density at radius 2 is 2.09 bits per heavy atom. The van der Waals surface area contributed by atoms with E-state index < -0.39 is 17.5 Å². The summed E-state index contributed by atoms with van der Waals surface area (Å²) in [5.74, 6) is -1.73. The number of aromatic hydroxyl groups is 1. The van der Waals surface area contributed by atoms with Gasteiger partial charge in [-0.05, 0) is 32.0 Å². The molecule has 2 heterocycles. The second-order valence-corrected chi connectivity index (χ2v) is 5.36. The molecule has 2 aliphatic heterocycles. The molecule has 0 bridgehead atoms. The number of rotatable bonds is 3. The molecule has 1 aromatic carbocycles. The Balaban J connectivity index is 1.82. The van der Waals surface area contributed by atoms with E-state index in [1.165, 1.54) is 12.1 Å². The van der Waals surface area contributed by atoms with Gasteiger partial charge in [-0.3, -0.25) is 4.79 Å². The van der Waals surface area contributed by atoms with Gasteiger partial charge in [0.15, 0.2) is 18.0 Å². The minimum atomic E-state index is -0.770. The molecule has 8 nitrogen and oxygen atoms in total. The van der Waals surface area contributed by atoms with Crippen molar-refractivity contribution in [3.05, 3.63) is 22.9 Å². The summed E-state index contributed by atoms with van der Waals surface area (Å²) in [7, 11) is 0. The average Bonchev–Trinajstić information content (AvgIpc) is 2.78. The quantitative estimate of drug-likeness (QED) is 0.597. The third-order valence-corrected chi connectivity index (χ3v) is 3.74. The fourth-order valence-corrected chi connectivity index (χ4v) is 2.70.